The summed E-state index contributed by atoms with van der Waals surface area (Å²) in [6.07, 6.45) is -0.506. The smallest absolute Gasteiger partial charge is 0.410 e. The van der Waals surface area contributed by atoms with Crippen molar-refractivity contribution >= 4 is 22.6 Å². The Labute approximate surface area is 213 Å². The third-order valence-electron chi connectivity index (χ3n) is 6.16. The molecule has 3 aromatic carbocycles. The van der Waals surface area contributed by atoms with Crippen LogP contribution in [0.2, 0.25) is 0 Å². The summed E-state index contributed by atoms with van der Waals surface area (Å²) in [6, 6.07) is 17.9. The fourth-order valence-electron chi connectivity index (χ4n) is 4.51. The van der Waals surface area contributed by atoms with Gasteiger partial charge in [-0.05, 0) is 43.7 Å². The second kappa shape index (κ2) is 9.62. The standard InChI is InChI=1S/C27H27N5O5/c1-27(2,3)36-26(33)31-14-13-28-16-23(31)21-12-11-18(15-22(21)32(34)35)25-29-24(30-37-25)20-10-6-8-17-7-4-5-9-19(17)20/h4-12,15,23,28H,13-14,16H2,1-3H3. The zero-order chi connectivity index (χ0) is 26.2. The first-order valence-corrected chi connectivity index (χ1v) is 12.0. The first kappa shape index (κ1) is 24.4. The van der Waals surface area contributed by atoms with Crippen LogP contribution in [-0.2, 0) is 4.74 Å². The average Bonchev–Trinajstić information content (AvgIpc) is 3.37. The molecule has 190 valence electrons. The zero-order valence-corrected chi connectivity index (χ0v) is 20.8. The van der Waals surface area contributed by atoms with Gasteiger partial charge in [-0.25, -0.2) is 4.79 Å². The molecule has 1 atom stereocenters. The van der Waals surface area contributed by atoms with E-state index in [4.69, 9.17) is 9.26 Å². The Bertz CT molecular complexity index is 1470. The first-order valence-electron chi connectivity index (χ1n) is 12.0. The van der Waals surface area contributed by atoms with E-state index in [0.29, 0.717) is 36.6 Å². The van der Waals surface area contributed by atoms with E-state index in [1.165, 1.54) is 11.0 Å². The number of ether oxygens (including phenoxy) is 1. The third kappa shape index (κ3) is 5.01. The molecule has 0 spiro atoms. The Hall–Kier alpha value is -4.31. The molecule has 1 amide bonds. The van der Waals surface area contributed by atoms with Gasteiger partial charge in [0.15, 0.2) is 0 Å². The second-order valence-corrected chi connectivity index (χ2v) is 9.87. The van der Waals surface area contributed by atoms with Gasteiger partial charge in [0.25, 0.3) is 11.6 Å². The number of fused-ring (bicyclic) bond motifs is 1. The number of carbonyl (C=O) groups excluding carboxylic acids is 1. The van der Waals surface area contributed by atoms with Gasteiger partial charge in [0.1, 0.15) is 5.60 Å². The molecule has 1 N–H and O–H groups in total. The lowest BCUT2D eigenvalue weighted by Gasteiger charge is -2.37. The van der Waals surface area contributed by atoms with E-state index in [2.05, 4.69) is 15.5 Å². The zero-order valence-electron chi connectivity index (χ0n) is 20.8. The summed E-state index contributed by atoms with van der Waals surface area (Å²) in [7, 11) is 0. The molecule has 1 saturated heterocycles. The lowest BCUT2D eigenvalue weighted by atomic mass is 9.99. The summed E-state index contributed by atoms with van der Waals surface area (Å²) < 4.78 is 11.1. The maximum atomic E-state index is 12.9. The number of nitrogens with one attached hydrogen (secondary N) is 1. The van der Waals surface area contributed by atoms with Gasteiger partial charge in [-0.15, -0.1) is 0 Å². The molecule has 2 heterocycles. The predicted octanol–water partition coefficient (Wildman–Crippen LogP) is 5.35. The SMILES string of the molecule is CC(C)(C)OC(=O)N1CCNCC1c1ccc(-c2nc(-c3cccc4ccccc34)no2)cc1[N+](=O)[O-]. The number of aromatic nitrogens is 2. The van der Waals surface area contributed by atoms with Crippen LogP contribution in [-0.4, -0.2) is 51.3 Å². The maximum absolute atomic E-state index is 12.9. The Morgan fingerprint density at radius 3 is 2.73 bits per heavy atom. The van der Waals surface area contributed by atoms with Gasteiger partial charge in [0.2, 0.25) is 5.82 Å². The molecule has 1 aromatic heterocycles. The van der Waals surface area contributed by atoms with Crippen LogP contribution >= 0.6 is 0 Å². The largest absolute Gasteiger partial charge is 0.444 e. The summed E-state index contributed by atoms with van der Waals surface area (Å²) in [5, 5.41) is 21.5. The van der Waals surface area contributed by atoms with Crippen LogP contribution in [0.4, 0.5) is 10.5 Å². The van der Waals surface area contributed by atoms with Crippen LogP contribution in [0.3, 0.4) is 0 Å². The predicted molar refractivity (Wildman–Crippen MR) is 138 cm³/mol. The summed E-state index contributed by atoms with van der Waals surface area (Å²) in [6.45, 7) is 6.67. The highest BCUT2D eigenvalue weighted by Crippen LogP contribution is 2.35. The molecule has 0 bridgehead atoms. The van der Waals surface area contributed by atoms with Gasteiger partial charge >= 0.3 is 6.09 Å². The van der Waals surface area contributed by atoms with Crippen molar-refractivity contribution in [2.45, 2.75) is 32.4 Å². The lowest BCUT2D eigenvalue weighted by molar-refractivity contribution is -0.385. The molecular weight excluding hydrogens is 474 g/mol. The molecule has 1 aliphatic rings. The van der Waals surface area contributed by atoms with Crippen molar-refractivity contribution in [3.63, 3.8) is 0 Å². The Morgan fingerprint density at radius 1 is 1.16 bits per heavy atom. The minimum atomic E-state index is -0.679. The van der Waals surface area contributed by atoms with Gasteiger partial charge < -0.3 is 14.6 Å². The molecule has 0 radical (unpaired) electrons. The van der Waals surface area contributed by atoms with E-state index < -0.39 is 22.7 Å². The topological polar surface area (TPSA) is 124 Å². The van der Waals surface area contributed by atoms with Crippen molar-refractivity contribution in [1.29, 1.82) is 0 Å². The molecule has 1 fully saturated rings. The van der Waals surface area contributed by atoms with Crippen molar-refractivity contribution < 1.29 is 19.0 Å². The first-order chi connectivity index (χ1) is 17.7. The Morgan fingerprint density at radius 2 is 1.95 bits per heavy atom. The monoisotopic (exact) mass is 501 g/mol. The second-order valence-electron chi connectivity index (χ2n) is 9.87. The molecule has 1 unspecified atom stereocenters. The Kier molecular flexibility index (Phi) is 6.34. The minimum absolute atomic E-state index is 0.135. The Balaban J connectivity index is 1.49. The van der Waals surface area contributed by atoms with Gasteiger partial charge in [0.05, 0.1) is 16.5 Å². The van der Waals surface area contributed by atoms with Crippen LogP contribution in [0.25, 0.3) is 33.6 Å². The van der Waals surface area contributed by atoms with Crippen molar-refractivity contribution in [3.8, 4) is 22.8 Å². The molecule has 37 heavy (non-hydrogen) atoms. The van der Waals surface area contributed by atoms with Crippen molar-refractivity contribution in [2.75, 3.05) is 19.6 Å². The van der Waals surface area contributed by atoms with Gasteiger partial charge in [0, 0.05) is 36.8 Å². The van der Waals surface area contributed by atoms with Crippen molar-refractivity contribution in [1.82, 2.24) is 20.4 Å². The summed E-state index contributed by atoms with van der Waals surface area (Å²) in [5.74, 6) is 0.564. The van der Waals surface area contributed by atoms with E-state index in [-0.39, 0.29) is 11.6 Å². The number of hydrogen-bond acceptors (Lipinski definition) is 8. The van der Waals surface area contributed by atoms with E-state index in [1.807, 2.05) is 42.5 Å². The fraction of sp³-hybridized carbons (Fsp3) is 0.296. The lowest BCUT2D eigenvalue weighted by Crippen LogP contribution is -2.50. The molecule has 10 heteroatoms. The number of nitrogens with zero attached hydrogens (tertiary/aromatic N) is 4. The summed E-state index contributed by atoms with van der Waals surface area (Å²) >= 11 is 0. The summed E-state index contributed by atoms with van der Waals surface area (Å²) in [5.41, 5.74) is 0.815. The number of nitro groups is 1. The van der Waals surface area contributed by atoms with Crippen LogP contribution in [0, 0.1) is 10.1 Å². The molecular formula is C27H27N5O5. The van der Waals surface area contributed by atoms with Crippen LogP contribution < -0.4 is 5.32 Å². The van der Waals surface area contributed by atoms with Gasteiger partial charge in [-0.2, -0.15) is 4.98 Å². The molecule has 5 rings (SSSR count). The fourth-order valence-corrected chi connectivity index (χ4v) is 4.51. The number of carbonyl (C=O) groups is 1. The van der Waals surface area contributed by atoms with E-state index in [0.717, 1.165) is 16.3 Å². The molecule has 10 nitrogen and oxygen atoms in total. The molecule has 0 saturated carbocycles. The molecule has 1 aliphatic heterocycles. The number of nitro benzene ring substituents is 1. The highest BCUT2D eigenvalue weighted by Gasteiger charge is 2.35. The van der Waals surface area contributed by atoms with E-state index >= 15 is 0 Å². The van der Waals surface area contributed by atoms with Crippen LogP contribution in [0.5, 0.6) is 0 Å². The van der Waals surface area contributed by atoms with E-state index in [9.17, 15) is 14.9 Å². The number of benzene rings is 3. The highest BCUT2D eigenvalue weighted by atomic mass is 16.6. The van der Waals surface area contributed by atoms with Crippen LogP contribution in [0.1, 0.15) is 32.4 Å². The number of hydrogen-bond donors (Lipinski definition) is 1. The average molecular weight is 502 g/mol. The normalized spacial score (nSPS) is 16.1. The maximum Gasteiger partial charge on any atom is 0.410 e. The minimum Gasteiger partial charge on any atom is -0.444 e. The number of piperazine rings is 1. The third-order valence-corrected chi connectivity index (χ3v) is 6.16. The number of rotatable bonds is 4. The van der Waals surface area contributed by atoms with Crippen molar-refractivity contribution in [3.05, 3.63) is 76.3 Å². The quantitative estimate of drug-likeness (QED) is 0.293. The molecule has 4 aromatic rings. The number of amides is 1. The highest BCUT2D eigenvalue weighted by molar-refractivity contribution is 5.95. The summed E-state index contributed by atoms with van der Waals surface area (Å²) in [4.78, 5) is 30.6. The molecule has 0 aliphatic carbocycles. The van der Waals surface area contributed by atoms with Gasteiger partial charge in [-0.3, -0.25) is 15.0 Å². The van der Waals surface area contributed by atoms with Crippen molar-refractivity contribution in [2.24, 2.45) is 0 Å². The van der Waals surface area contributed by atoms with E-state index in [1.54, 1.807) is 32.9 Å². The van der Waals surface area contributed by atoms with Crippen LogP contribution in [0.15, 0.2) is 65.2 Å². The van der Waals surface area contributed by atoms with Gasteiger partial charge in [-0.1, -0.05) is 47.6 Å².